The molecule has 1 aliphatic rings. The van der Waals surface area contributed by atoms with Gasteiger partial charge in [-0.2, -0.15) is 4.31 Å². The number of halogens is 3. The highest BCUT2D eigenvalue weighted by atomic mass is 32.2. The Morgan fingerprint density at radius 1 is 1.21 bits per heavy atom. The minimum absolute atomic E-state index is 0.203. The van der Waals surface area contributed by atoms with Gasteiger partial charge < -0.3 is 5.11 Å². The van der Waals surface area contributed by atoms with E-state index in [9.17, 15) is 21.6 Å². The molecular formula is C11H12F3NO3S. The third kappa shape index (κ3) is 2.60. The summed E-state index contributed by atoms with van der Waals surface area (Å²) in [6.45, 7) is -0.632. The summed E-state index contributed by atoms with van der Waals surface area (Å²) in [7, 11) is -4.28. The van der Waals surface area contributed by atoms with E-state index >= 15 is 0 Å². The lowest BCUT2D eigenvalue weighted by molar-refractivity contribution is 0.250. The van der Waals surface area contributed by atoms with Crippen LogP contribution in [0.3, 0.4) is 0 Å². The zero-order valence-corrected chi connectivity index (χ0v) is 10.6. The standard InChI is InChI=1S/C11H12F3NO3S/c12-8-3-4-9(11(14)10(8)13)19(17,18)15(5-6-16)7-1-2-7/h3-4,7,16H,1-2,5-6H2. The molecule has 0 spiro atoms. The molecule has 1 aromatic carbocycles. The van der Waals surface area contributed by atoms with Crippen LogP contribution < -0.4 is 0 Å². The summed E-state index contributed by atoms with van der Waals surface area (Å²) in [4.78, 5) is -0.910. The molecule has 0 atom stereocenters. The van der Waals surface area contributed by atoms with E-state index < -0.39 is 39.0 Å². The van der Waals surface area contributed by atoms with Gasteiger partial charge in [-0.25, -0.2) is 21.6 Å². The van der Waals surface area contributed by atoms with E-state index in [1.807, 2.05) is 0 Å². The second-order valence-corrected chi connectivity index (χ2v) is 6.10. The van der Waals surface area contributed by atoms with E-state index in [4.69, 9.17) is 5.11 Å². The summed E-state index contributed by atoms with van der Waals surface area (Å²) in [6, 6.07) is 0.940. The molecule has 1 fully saturated rings. The average Bonchev–Trinajstić information content (AvgIpc) is 3.16. The van der Waals surface area contributed by atoms with Crippen LogP contribution in [0.2, 0.25) is 0 Å². The van der Waals surface area contributed by atoms with Gasteiger partial charge in [0.1, 0.15) is 4.90 Å². The molecule has 0 aromatic heterocycles. The Kier molecular flexibility index (Phi) is 3.84. The van der Waals surface area contributed by atoms with E-state index in [1.165, 1.54) is 0 Å². The number of aliphatic hydroxyl groups excluding tert-OH is 1. The van der Waals surface area contributed by atoms with Crippen molar-refractivity contribution in [2.24, 2.45) is 0 Å². The van der Waals surface area contributed by atoms with Gasteiger partial charge in [0.05, 0.1) is 6.61 Å². The maximum atomic E-state index is 13.6. The molecule has 106 valence electrons. The third-order valence-electron chi connectivity index (χ3n) is 2.86. The lowest BCUT2D eigenvalue weighted by Crippen LogP contribution is -2.36. The fourth-order valence-corrected chi connectivity index (χ4v) is 3.53. The van der Waals surface area contributed by atoms with Crippen molar-refractivity contribution < 1.29 is 26.7 Å². The molecule has 0 aliphatic heterocycles. The first kappa shape index (κ1) is 14.3. The molecule has 0 saturated heterocycles. The zero-order chi connectivity index (χ0) is 14.2. The van der Waals surface area contributed by atoms with Crippen molar-refractivity contribution in [2.45, 2.75) is 23.8 Å². The van der Waals surface area contributed by atoms with Crippen molar-refractivity contribution in [3.63, 3.8) is 0 Å². The average molecular weight is 295 g/mol. The molecule has 0 bridgehead atoms. The third-order valence-corrected chi connectivity index (χ3v) is 4.83. The molecule has 1 aliphatic carbocycles. The van der Waals surface area contributed by atoms with Crippen molar-refractivity contribution in [2.75, 3.05) is 13.2 Å². The Labute approximate surface area is 108 Å². The lowest BCUT2D eigenvalue weighted by atomic mass is 10.3. The number of sulfonamides is 1. The molecule has 19 heavy (non-hydrogen) atoms. The number of aliphatic hydroxyl groups is 1. The highest BCUT2D eigenvalue weighted by molar-refractivity contribution is 7.89. The van der Waals surface area contributed by atoms with Crippen LogP contribution in [-0.4, -0.2) is 37.0 Å². The molecule has 0 heterocycles. The van der Waals surface area contributed by atoms with Gasteiger partial charge >= 0.3 is 0 Å². The summed E-state index contributed by atoms with van der Waals surface area (Å²) in [6.07, 6.45) is 1.20. The number of hydrogen-bond acceptors (Lipinski definition) is 3. The lowest BCUT2D eigenvalue weighted by Gasteiger charge is -2.21. The van der Waals surface area contributed by atoms with Gasteiger partial charge in [0, 0.05) is 12.6 Å². The van der Waals surface area contributed by atoms with Crippen LogP contribution in [0.25, 0.3) is 0 Å². The van der Waals surface area contributed by atoms with Gasteiger partial charge in [0.25, 0.3) is 0 Å². The topological polar surface area (TPSA) is 57.6 Å². The predicted molar refractivity (Wildman–Crippen MR) is 60.3 cm³/mol. The largest absolute Gasteiger partial charge is 0.395 e. The quantitative estimate of drug-likeness (QED) is 0.832. The second kappa shape index (κ2) is 5.10. The van der Waals surface area contributed by atoms with Gasteiger partial charge in [0.15, 0.2) is 17.5 Å². The number of nitrogens with zero attached hydrogens (tertiary/aromatic N) is 1. The second-order valence-electron chi connectivity index (χ2n) is 4.24. The summed E-state index contributed by atoms with van der Waals surface area (Å²) in [5, 5.41) is 8.86. The fourth-order valence-electron chi connectivity index (χ4n) is 1.79. The number of benzene rings is 1. The molecule has 0 amide bonds. The first-order valence-corrected chi connectivity index (χ1v) is 7.09. The molecule has 4 nitrogen and oxygen atoms in total. The van der Waals surface area contributed by atoms with E-state index in [0.717, 1.165) is 4.31 Å². The van der Waals surface area contributed by atoms with Gasteiger partial charge in [-0.3, -0.25) is 0 Å². The van der Waals surface area contributed by atoms with Crippen LogP contribution in [0.1, 0.15) is 12.8 Å². The monoisotopic (exact) mass is 295 g/mol. The van der Waals surface area contributed by atoms with Crippen molar-refractivity contribution >= 4 is 10.0 Å². The van der Waals surface area contributed by atoms with Crippen LogP contribution >= 0.6 is 0 Å². The number of hydrogen-bond donors (Lipinski definition) is 1. The van der Waals surface area contributed by atoms with Gasteiger partial charge in [-0.15, -0.1) is 0 Å². The maximum absolute atomic E-state index is 13.6. The van der Waals surface area contributed by atoms with Crippen LogP contribution in [0, 0.1) is 17.5 Å². The first-order chi connectivity index (χ1) is 8.89. The number of rotatable bonds is 5. The summed E-state index contributed by atoms with van der Waals surface area (Å²) in [5.74, 6) is -5.00. The summed E-state index contributed by atoms with van der Waals surface area (Å²) < 4.78 is 64.7. The minimum Gasteiger partial charge on any atom is -0.395 e. The summed E-state index contributed by atoms with van der Waals surface area (Å²) in [5.41, 5.74) is 0. The van der Waals surface area contributed by atoms with Gasteiger partial charge in [-0.1, -0.05) is 0 Å². The molecule has 8 heteroatoms. The normalized spacial score (nSPS) is 16.1. The molecule has 1 aromatic rings. The molecular weight excluding hydrogens is 283 g/mol. The van der Waals surface area contributed by atoms with E-state index in [0.29, 0.717) is 25.0 Å². The molecule has 0 unspecified atom stereocenters. The van der Waals surface area contributed by atoms with E-state index in [-0.39, 0.29) is 12.6 Å². The van der Waals surface area contributed by atoms with Gasteiger partial charge in [-0.05, 0) is 25.0 Å². The Hall–Kier alpha value is -1.12. The minimum atomic E-state index is -4.28. The smallest absolute Gasteiger partial charge is 0.246 e. The van der Waals surface area contributed by atoms with Gasteiger partial charge in [0.2, 0.25) is 10.0 Å². The predicted octanol–water partition coefficient (Wildman–Crippen LogP) is 1.25. The molecule has 1 N–H and O–H groups in total. The Morgan fingerprint density at radius 2 is 1.84 bits per heavy atom. The zero-order valence-electron chi connectivity index (χ0n) is 9.81. The SMILES string of the molecule is O=S(=O)(c1ccc(F)c(F)c1F)N(CCO)C1CC1. The first-order valence-electron chi connectivity index (χ1n) is 5.65. The van der Waals surface area contributed by atoms with Crippen molar-refractivity contribution in [3.8, 4) is 0 Å². The Bertz CT molecular complexity index is 587. The van der Waals surface area contributed by atoms with E-state index in [2.05, 4.69) is 0 Å². The Balaban J connectivity index is 2.46. The van der Waals surface area contributed by atoms with Crippen LogP contribution in [0.4, 0.5) is 13.2 Å². The van der Waals surface area contributed by atoms with Crippen molar-refractivity contribution in [1.82, 2.24) is 4.31 Å². The highest BCUT2D eigenvalue weighted by Crippen LogP contribution is 2.33. The van der Waals surface area contributed by atoms with Crippen LogP contribution in [-0.2, 0) is 10.0 Å². The Morgan fingerprint density at radius 3 is 2.37 bits per heavy atom. The molecule has 1 saturated carbocycles. The summed E-state index contributed by atoms with van der Waals surface area (Å²) >= 11 is 0. The highest BCUT2D eigenvalue weighted by Gasteiger charge is 2.39. The fraction of sp³-hybridized carbons (Fsp3) is 0.455. The van der Waals surface area contributed by atoms with Crippen LogP contribution in [0.15, 0.2) is 17.0 Å². The maximum Gasteiger partial charge on any atom is 0.246 e. The van der Waals surface area contributed by atoms with Crippen molar-refractivity contribution in [1.29, 1.82) is 0 Å². The molecule has 0 radical (unpaired) electrons. The molecule has 2 rings (SSSR count). The van der Waals surface area contributed by atoms with E-state index in [1.54, 1.807) is 0 Å². The van der Waals surface area contributed by atoms with Crippen LogP contribution in [0.5, 0.6) is 0 Å². The van der Waals surface area contributed by atoms with Crippen molar-refractivity contribution in [3.05, 3.63) is 29.6 Å².